The van der Waals surface area contributed by atoms with Crippen molar-refractivity contribution >= 4 is 51.5 Å². The first-order valence-corrected chi connectivity index (χ1v) is 9.88. The highest BCUT2D eigenvalue weighted by Crippen LogP contribution is 2.17. The molecular weight excluding hydrogens is 471 g/mol. The number of carbonyl (C=O) groups is 1. The molecule has 0 saturated carbocycles. The number of aromatic amines is 1. The molecule has 1 heterocycles. The number of H-pyrrole nitrogens is 1. The molecule has 2 aromatic carbocycles. The van der Waals surface area contributed by atoms with Crippen LogP contribution in [0.25, 0.3) is 0 Å². The summed E-state index contributed by atoms with van der Waals surface area (Å²) in [6, 6.07) is 15.3. The predicted octanol–water partition coefficient (Wildman–Crippen LogP) is 4.35. The lowest BCUT2D eigenvalue weighted by atomic mass is 10.0. The molecule has 3 aromatic rings. The zero-order valence-electron chi connectivity index (χ0n) is 15.0. The highest BCUT2D eigenvalue weighted by molar-refractivity contribution is 14.1. The first kappa shape index (κ1) is 19.5. The van der Waals surface area contributed by atoms with Crippen LogP contribution in [-0.2, 0) is 6.42 Å². The van der Waals surface area contributed by atoms with E-state index >= 15 is 0 Å². The lowest BCUT2D eigenvalue weighted by Gasteiger charge is -2.10. The fraction of sp³-hybridized carbons (Fsp3) is 0.150. The maximum Gasteiger partial charge on any atom is 0.257 e. The standard InChI is InChI=1S/C20H19IN4OS/c1-12-18(13(2)25-24-12)10-14-6-8-17(9-7-14)22-20(27)23-19(26)15-4-3-5-16(21)11-15/h3-9,11H,10H2,1-2H3,(H,24,25)(H2,22,23,26,27). The third kappa shape index (κ3) is 5.14. The molecule has 0 unspecified atom stereocenters. The second-order valence-corrected chi connectivity index (χ2v) is 7.86. The fourth-order valence-electron chi connectivity index (χ4n) is 2.71. The van der Waals surface area contributed by atoms with Gasteiger partial charge in [-0.05, 0) is 84.6 Å². The number of carbonyl (C=O) groups excluding carboxylic acids is 1. The van der Waals surface area contributed by atoms with Crippen LogP contribution in [0.1, 0.15) is 32.9 Å². The number of aromatic nitrogens is 2. The van der Waals surface area contributed by atoms with Gasteiger partial charge in [0.25, 0.3) is 5.91 Å². The van der Waals surface area contributed by atoms with E-state index in [0.29, 0.717) is 5.56 Å². The Kier molecular flexibility index (Phi) is 6.22. The number of thiocarbonyl (C=S) groups is 1. The van der Waals surface area contributed by atoms with Crippen LogP contribution in [0.15, 0.2) is 48.5 Å². The van der Waals surface area contributed by atoms with Crippen molar-refractivity contribution < 1.29 is 4.79 Å². The number of rotatable bonds is 4. The molecule has 3 rings (SSSR count). The average Bonchev–Trinajstić information content (AvgIpc) is 2.95. The summed E-state index contributed by atoms with van der Waals surface area (Å²) in [6.07, 6.45) is 0.822. The third-order valence-electron chi connectivity index (χ3n) is 4.19. The van der Waals surface area contributed by atoms with Crippen LogP contribution in [0, 0.1) is 17.4 Å². The summed E-state index contributed by atoms with van der Waals surface area (Å²) in [7, 11) is 0. The molecule has 0 aliphatic carbocycles. The van der Waals surface area contributed by atoms with Crippen LogP contribution < -0.4 is 10.6 Å². The minimum absolute atomic E-state index is 0.228. The number of hydrogen-bond acceptors (Lipinski definition) is 3. The van der Waals surface area contributed by atoms with E-state index in [1.807, 2.05) is 56.3 Å². The van der Waals surface area contributed by atoms with Gasteiger partial charge in [0.15, 0.2) is 5.11 Å². The molecule has 27 heavy (non-hydrogen) atoms. The van der Waals surface area contributed by atoms with Crippen molar-refractivity contribution in [3.05, 3.63) is 80.2 Å². The van der Waals surface area contributed by atoms with Gasteiger partial charge in [0.1, 0.15) is 0 Å². The van der Waals surface area contributed by atoms with Crippen LogP contribution in [0.3, 0.4) is 0 Å². The molecule has 0 radical (unpaired) electrons. The first-order valence-electron chi connectivity index (χ1n) is 8.39. The maximum absolute atomic E-state index is 12.2. The Labute approximate surface area is 177 Å². The molecule has 3 N–H and O–H groups in total. The lowest BCUT2D eigenvalue weighted by molar-refractivity contribution is 0.0977. The van der Waals surface area contributed by atoms with E-state index in [1.54, 1.807) is 6.07 Å². The number of aryl methyl sites for hydroxylation is 2. The second kappa shape index (κ2) is 8.62. The summed E-state index contributed by atoms with van der Waals surface area (Å²) in [6.45, 7) is 4.03. The van der Waals surface area contributed by atoms with E-state index in [0.717, 1.165) is 27.1 Å². The molecule has 1 amide bonds. The highest BCUT2D eigenvalue weighted by Gasteiger charge is 2.09. The quantitative estimate of drug-likeness (QED) is 0.376. The van der Waals surface area contributed by atoms with Crippen molar-refractivity contribution in [2.75, 3.05) is 5.32 Å². The van der Waals surface area contributed by atoms with E-state index in [-0.39, 0.29) is 11.0 Å². The molecule has 138 valence electrons. The molecule has 7 heteroatoms. The minimum atomic E-state index is -0.228. The zero-order valence-corrected chi connectivity index (χ0v) is 17.9. The zero-order chi connectivity index (χ0) is 19.4. The molecule has 0 bridgehead atoms. The first-order chi connectivity index (χ1) is 12.9. The molecule has 0 fully saturated rings. The Balaban J connectivity index is 1.59. The Morgan fingerprint density at radius 2 is 1.93 bits per heavy atom. The van der Waals surface area contributed by atoms with E-state index in [2.05, 4.69) is 43.4 Å². The molecule has 0 spiro atoms. The largest absolute Gasteiger partial charge is 0.332 e. The molecule has 1 aromatic heterocycles. The van der Waals surface area contributed by atoms with Crippen molar-refractivity contribution in [1.29, 1.82) is 0 Å². The summed E-state index contributed by atoms with van der Waals surface area (Å²) in [4.78, 5) is 12.2. The van der Waals surface area contributed by atoms with Crippen LogP contribution in [0.5, 0.6) is 0 Å². The normalized spacial score (nSPS) is 10.5. The third-order valence-corrected chi connectivity index (χ3v) is 5.06. The Morgan fingerprint density at radius 3 is 2.56 bits per heavy atom. The summed E-state index contributed by atoms with van der Waals surface area (Å²) >= 11 is 7.42. The topological polar surface area (TPSA) is 69.8 Å². The lowest BCUT2D eigenvalue weighted by Crippen LogP contribution is -2.34. The van der Waals surface area contributed by atoms with Crippen LogP contribution in [0.2, 0.25) is 0 Å². The van der Waals surface area contributed by atoms with E-state index in [9.17, 15) is 4.79 Å². The summed E-state index contributed by atoms with van der Waals surface area (Å²) < 4.78 is 0.998. The average molecular weight is 490 g/mol. The predicted molar refractivity (Wildman–Crippen MR) is 120 cm³/mol. The van der Waals surface area contributed by atoms with Gasteiger partial charge in [-0.2, -0.15) is 5.10 Å². The molecular formula is C20H19IN4OS. The van der Waals surface area contributed by atoms with Crippen molar-refractivity contribution in [3.63, 3.8) is 0 Å². The number of nitrogens with one attached hydrogen (secondary N) is 3. The number of nitrogens with zero attached hydrogens (tertiary/aromatic N) is 1. The van der Waals surface area contributed by atoms with Gasteiger partial charge in [-0.15, -0.1) is 0 Å². The molecule has 0 aliphatic heterocycles. The van der Waals surface area contributed by atoms with Gasteiger partial charge in [-0.1, -0.05) is 18.2 Å². The van der Waals surface area contributed by atoms with E-state index < -0.39 is 0 Å². The van der Waals surface area contributed by atoms with Gasteiger partial charge in [0, 0.05) is 32.5 Å². The van der Waals surface area contributed by atoms with Gasteiger partial charge in [-0.3, -0.25) is 15.2 Å². The number of hydrogen-bond donors (Lipinski definition) is 3. The highest BCUT2D eigenvalue weighted by atomic mass is 127. The summed E-state index contributed by atoms with van der Waals surface area (Å²) in [5.74, 6) is -0.228. The molecule has 0 saturated heterocycles. The van der Waals surface area contributed by atoms with Gasteiger partial charge in [0.2, 0.25) is 0 Å². The van der Waals surface area contributed by atoms with Gasteiger partial charge in [0.05, 0.1) is 5.69 Å². The van der Waals surface area contributed by atoms with Crippen molar-refractivity contribution in [2.45, 2.75) is 20.3 Å². The van der Waals surface area contributed by atoms with Crippen LogP contribution >= 0.6 is 34.8 Å². The maximum atomic E-state index is 12.2. The number of benzene rings is 2. The van der Waals surface area contributed by atoms with Gasteiger partial charge >= 0.3 is 0 Å². The Bertz CT molecular complexity index is 962. The Hall–Kier alpha value is -2.26. The summed E-state index contributed by atoms with van der Waals surface area (Å²) in [5.41, 5.74) is 5.92. The van der Waals surface area contributed by atoms with E-state index in [1.165, 1.54) is 11.1 Å². The van der Waals surface area contributed by atoms with Gasteiger partial charge < -0.3 is 5.32 Å². The Morgan fingerprint density at radius 1 is 1.19 bits per heavy atom. The molecule has 0 aliphatic rings. The van der Waals surface area contributed by atoms with Crippen molar-refractivity contribution in [3.8, 4) is 0 Å². The van der Waals surface area contributed by atoms with Crippen molar-refractivity contribution in [2.24, 2.45) is 0 Å². The second-order valence-electron chi connectivity index (χ2n) is 6.20. The number of anilines is 1. The minimum Gasteiger partial charge on any atom is -0.332 e. The van der Waals surface area contributed by atoms with Crippen LogP contribution in [0.4, 0.5) is 5.69 Å². The monoisotopic (exact) mass is 490 g/mol. The van der Waals surface area contributed by atoms with Crippen molar-refractivity contribution in [1.82, 2.24) is 15.5 Å². The van der Waals surface area contributed by atoms with Crippen LogP contribution in [-0.4, -0.2) is 21.2 Å². The fourth-order valence-corrected chi connectivity index (χ4v) is 3.47. The smallest absolute Gasteiger partial charge is 0.257 e. The summed E-state index contributed by atoms with van der Waals surface area (Å²) in [5, 5.41) is 13.3. The number of halogens is 1. The number of amides is 1. The molecule has 5 nitrogen and oxygen atoms in total. The molecule has 0 atom stereocenters. The SMILES string of the molecule is Cc1n[nH]c(C)c1Cc1ccc(NC(=S)NC(=O)c2cccc(I)c2)cc1. The van der Waals surface area contributed by atoms with Gasteiger partial charge in [-0.25, -0.2) is 0 Å². The van der Waals surface area contributed by atoms with E-state index in [4.69, 9.17) is 12.2 Å².